The maximum absolute atomic E-state index is 13.1. The van der Waals surface area contributed by atoms with Crippen molar-refractivity contribution >= 4 is 40.8 Å². The molecule has 2 N–H and O–H groups in total. The van der Waals surface area contributed by atoms with Crippen molar-refractivity contribution in [2.75, 3.05) is 11.9 Å². The standard InChI is InChI=1S/C25H24N4O4S/c1-25(15-14-17-9-4-3-5-10-17)23(32)29(24(33)26-25)27-21(30)18-11-6-7-12-19(18)28(2)22(31)20-13-8-16-34-20/h3-13,16H,14-15H2,1-2H3,(H,26,33)(H,27,30). The van der Waals surface area contributed by atoms with Gasteiger partial charge >= 0.3 is 6.03 Å². The molecule has 0 spiro atoms. The number of hydrazine groups is 1. The van der Waals surface area contributed by atoms with Crippen LogP contribution in [0, 0.1) is 0 Å². The van der Waals surface area contributed by atoms with E-state index in [0.717, 1.165) is 5.56 Å². The third kappa shape index (κ3) is 4.55. The highest BCUT2D eigenvalue weighted by atomic mass is 32.1. The number of nitrogens with zero attached hydrogens (tertiary/aromatic N) is 2. The van der Waals surface area contributed by atoms with Gasteiger partial charge in [-0.3, -0.25) is 19.8 Å². The fourth-order valence-corrected chi connectivity index (χ4v) is 4.49. The van der Waals surface area contributed by atoms with Crippen LogP contribution in [0.25, 0.3) is 0 Å². The molecule has 0 saturated carbocycles. The number of carbonyl (C=O) groups is 4. The molecule has 34 heavy (non-hydrogen) atoms. The molecule has 0 aliphatic carbocycles. The first kappa shape index (κ1) is 23.2. The van der Waals surface area contributed by atoms with Crippen molar-refractivity contribution in [3.63, 3.8) is 0 Å². The van der Waals surface area contributed by atoms with Crippen LogP contribution in [0.2, 0.25) is 0 Å². The number of amides is 5. The number of imide groups is 1. The Balaban J connectivity index is 1.49. The lowest BCUT2D eigenvalue weighted by molar-refractivity contribution is -0.132. The number of carbonyl (C=O) groups excluding carboxylic acids is 4. The lowest BCUT2D eigenvalue weighted by Crippen LogP contribution is -2.49. The lowest BCUT2D eigenvalue weighted by Gasteiger charge is -2.23. The van der Waals surface area contributed by atoms with Gasteiger partial charge in [-0.15, -0.1) is 11.3 Å². The van der Waals surface area contributed by atoms with E-state index in [4.69, 9.17) is 0 Å². The number of para-hydroxylation sites is 1. The summed E-state index contributed by atoms with van der Waals surface area (Å²) in [7, 11) is 1.57. The summed E-state index contributed by atoms with van der Waals surface area (Å²) >= 11 is 1.30. The van der Waals surface area contributed by atoms with E-state index in [1.807, 2.05) is 30.3 Å². The minimum absolute atomic E-state index is 0.161. The quantitative estimate of drug-likeness (QED) is 0.509. The first-order chi connectivity index (χ1) is 16.3. The molecule has 1 saturated heterocycles. The zero-order chi connectivity index (χ0) is 24.3. The molecule has 0 bridgehead atoms. The summed E-state index contributed by atoms with van der Waals surface area (Å²) in [4.78, 5) is 53.4. The Morgan fingerprint density at radius 3 is 2.44 bits per heavy atom. The zero-order valence-electron chi connectivity index (χ0n) is 18.8. The Morgan fingerprint density at radius 2 is 1.74 bits per heavy atom. The van der Waals surface area contributed by atoms with Crippen LogP contribution in [0.15, 0.2) is 72.1 Å². The predicted molar refractivity (Wildman–Crippen MR) is 130 cm³/mol. The fourth-order valence-electron chi connectivity index (χ4n) is 3.79. The van der Waals surface area contributed by atoms with E-state index in [2.05, 4.69) is 10.7 Å². The van der Waals surface area contributed by atoms with Crippen molar-refractivity contribution in [2.24, 2.45) is 0 Å². The molecule has 1 aromatic heterocycles. The van der Waals surface area contributed by atoms with Crippen LogP contribution in [-0.2, 0) is 11.2 Å². The van der Waals surface area contributed by atoms with Gasteiger partial charge in [-0.25, -0.2) is 4.79 Å². The maximum atomic E-state index is 13.1. The number of aryl methyl sites for hydroxylation is 1. The molecule has 1 aliphatic rings. The van der Waals surface area contributed by atoms with Crippen molar-refractivity contribution in [2.45, 2.75) is 25.3 Å². The number of rotatable bonds is 7. The first-order valence-corrected chi connectivity index (χ1v) is 11.6. The van der Waals surface area contributed by atoms with E-state index in [0.29, 0.717) is 28.4 Å². The van der Waals surface area contributed by atoms with Crippen molar-refractivity contribution in [3.05, 3.63) is 88.1 Å². The monoisotopic (exact) mass is 476 g/mol. The molecule has 1 unspecified atom stereocenters. The molecule has 2 heterocycles. The third-order valence-corrected chi connectivity index (χ3v) is 6.64. The molecule has 174 valence electrons. The van der Waals surface area contributed by atoms with Gasteiger partial charge in [-0.05, 0) is 48.9 Å². The molecular weight excluding hydrogens is 452 g/mol. The minimum Gasteiger partial charge on any atom is -0.322 e. The SMILES string of the molecule is CN(C(=O)c1cccs1)c1ccccc1C(=O)NN1C(=O)NC(C)(CCc2ccccc2)C1=O. The summed E-state index contributed by atoms with van der Waals surface area (Å²) in [6.45, 7) is 1.64. The van der Waals surface area contributed by atoms with Crippen molar-refractivity contribution in [1.29, 1.82) is 0 Å². The summed E-state index contributed by atoms with van der Waals surface area (Å²) in [6.07, 6.45) is 0.964. The van der Waals surface area contributed by atoms with Crippen molar-refractivity contribution in [1.82, 2.24) is 15.8 Å². The van der Waals surface area contributed by atoms with Gasteiger partial charge in [0.2, 0.25) is 0 Å². The van der Waals surface area contributed by atoms with E-state index < -0.39 is 23.4 Å². The fraction of sp³-hybridized carbons (Fsp3) is 0.200. The topological polar surface area (TPSA) is 98.8 Å². The third-order valence-electron chi connectivity index (χ3n) is 5.78. The predicted octanol–water partition coefficient (Wildman–Crippen LogP) is 3.61. The molecule has 2 aromatic carbocycles. The Hall–Kier alpha value is -3.98. The van der Waals surface area contributed by atoms with E-state index >= 15 is 0 Å². The second-order valence-corrected chi connectivity index (χ2v) is 9.14. The van der Waals surface area contributed by atoms with Crippen LogP contribution in [0.4, 0.5) is 10.5 Å². The lowest BCUT2D eigenvalue weighted by atomic mass is 9.93. The van der Waals surface area contributed by atoms with Gasteiger partial charge in [0.05, 0.1) is 16.1 Å². The largest absolute Gasteiger partial charge is 0.344 e. The van der Waals surface area contributed by atoms with Gasteiger partial charge in [0.15, 0.2) is 0 Å². The summed E-state index contributed by atoms with van der Waals surface area (Å²) in [5.41, 5.74) is 2.83. The smallest absolute Gasteiger partial charge is 0.322 e. The van der Waals surface area contributed by atoms with E-state index in [9.17, 15) is 19.2 Å². The van der Waals surface area contributed by atoms with Gasteiger partial charge in [-0.1, -0.05) is 48.5 Å². The first-order valence-electron chi connectivity index (χ1n) is 10.7. The molecule has 8 nitrogen and oxygen atoms in total. The van der Waals surface area contributed by atoms with E-state index in [1.165, 1.54) is 22.3 Å². The Kier molecular flexibility index (Phi) is 6.47. The second kappa shape index (κ2) is 9.48. The van der Waals surface area contributed by atoms with Gasteiger partial charge in [0, 0.05) is 7.05 Å². The number of hydrogen-bond acceptors (Lipinski definition) is 5. The highest BCUT2D eigenvalue weighted by molar-refractivity contribution is 7.12. The molecule has 4 rings (SSSR count). The molecule has 5 amide bonds. The molecular formula is C25H24N4O4S. The number of thiophene rings is 1. The molecule has 9 heteroatoms. The van der Waals surface area contributed by atoms with Crippen LogP contribution in [-0.4, -0.2) is 41.3 Å². The molecule has 1 fully saturated rings. The van der Waals surface area contributed by atoms with Crippen LogP contribution in [0.3, 0.4) is 0 Å². The number of anilines is 1. The summed E-state index contributed by atoms with van der Waals surface area (Å²) in [6, 6.07) is 19.0. The summed E-state index contributed by atoms with van der Waals surface area (Å²) in [5.74, 6) is -1.47. The number of urea groups is 1. The number of hydrogen-bond donors (Lipinski definition) is 2. The van der Waals surface area contributed by atoms with E-state index in [1.54, 1.807) is 49.7 Å². The maximum Gasteiger partial charge on any atom is 0.344 e. The van der Waals surface area contributed by atoms with Crippen molar-refractivity contribution < 1.29 is 19.2 Å². The van der Waals surface area contributed by atoms with E-state index in [-0.39, 0.29) is 11.5 Å². The van der Waals surface area contributed by atoms with Crippen LogP contribution in [0.1, 0.15) is 38.9 Å². The zero-order valence-corrected chi connectivity index (χ0v) is 19.6. The number of nitrogens with one attached hydrogen (secondary N) is 2. The molecule has 1 atom stereocenters. The molecule has 1 aliphatic heterocycles. The van der Waals surface area contributed by atoms with Gasteiger partial charge in [-0.2, -0.15) is 5.01 Å². The van der Waals surface area contributed by atoms with Crippen LogP contribution < -0.4 is 15.6 Å². The Labute approximate surface area is 201 Å². The van der Waals surface area contributed by atoms with Crippen LogP contribution >= 0.6 is 11.3 Å². The summed E-state index contributed by atoms with van der Waals surface area (Å²) in [5, 5.41) is 5.20. The van der Waals surface area contributed by atoms with Crippen molar-refractivity contribution in [3.8, 4) is 0 Å². The highest BCUT2D eigenvalue weighted by Gasteiger charge is 2.48. The molecule has 3 aromatic rings. The molecule has 0 radical (unpaired) electrons. The van der Waals surface area contributed by atoms with Gasteiger partial charge in [0.1, 0.15) is 5.54 Å². The second-order valence-electron chi connectivity index (χ2n) is 8.19. The van der Waals surface area contributed by atoms with Gasteiger partial charge in [0.25, 0.3) is 17.7 Å². The Bertz CT molecular complexity index is 1230. The normalized spacial score (nSPS) is 17.4. The highest BCUT2D eigenvalue weighted by Crippen LogP contribution is 2.25. The van der Waals surface area contributed by atoms with Crippen LogP contribution in [0.5, 0.6) is 0 Å². The minimum atomic E-state index is -1.15. The summed E-state index contributed by atoms with van der Waals surface area (Å²) < 4.78 is 0. The average molecular weight is 477 g/mol. The number of benzene rings is 2. The van der Waals surface area contributed by atoms with Gasteiger partial charge < -0.3 is 10.2 Å². The average Bonchev–Trinajstić information content (AvgIpc) is 3.46. The Morgan fingerprint density at radius 1 is 1.03 bits per heavy atom.